The lowest BCUT2D eigenvalue weighted by Gasteiger charge is -2.42. The van der Waals surface area contributed by atoms with Crippen molar-refractivity contribution in [2.24, 2.45) is 0 Å². The molecule has 0 radical (unpaired) electrons. The summed E-state index contributed by atoms with van der Waals surface area (Å²) in [5, 5.41) is 7.28. The molecule has 24 heavy (non-hydrogen) atoms. The Morgan fingerprint density at radius 2 is 2.04 bits per heavy atom. The van der Waals surface area contributed by atoms with Gasteiger partial charge >= 0.3 is 0 Å². The highest BCUT2D eigenvalue weighted by Crippen LogP contribution is 2.43. The van der Waals surface area contributed by atoms with E-state index in [2.05, 4.69) is 44.6 Å². The van der Waals surface area contributed by atoms with Crippen LogP contribution in [0, 0.1) is 6.92 Å². The summed E-state index contributed by atoms with van der Waals surface area (Å²) < 4.78 is 1.59. The lowest BCUT2D eigenvalue weighted by atomic mass is 9.64. The number of carbonyl (C=O) groups excluding carboxylic acids is 1. The Morgan fingerprint density at radius 3 is 2.71 bits per heavy atom. The molecule has 0 aliphatic heterocycles. The van der Waals surface area contributed by atoms with Gasteiger partial charge < -0.3 is 5.32 Å². The van der Waals surface area contributed by atoms with Crippen molar-refractivity contribution in [3.05, 3.63) is 59.7 Å². The average Bonchev–Trinajstić information content (AvgIpc) is 3.00. The minimum absolute atomic E-state index is 0.0459. The maximum Gasteiger partial charge on any atom is 0.291 e. The molecule has 6 heteroatoms. The van der Waals surface area contributed by atoms with Crippen molar-refractivity contribution in [2.45, 2.75) is 31.6 Å². The first-order chi connectivity index (χ1) is 11.7. The fourth-order valence-corrected chi connectivity index (χ4v) is 3.29. The smallest absolute Gasteiger partial charge is 0.291 e. The van der Waals surface area contributed by atoms with Crippen molar-refractivity contribution in [3.8, 4) is 0 Å². The molecule has 1 aliphatic carbocycles. The van der Waals surface area contributed by atoms with Gasteiger partial charge in [-0.2, -0.15) is 4.98 Å². The molecule has 0 spiro atoms. The Balaban J connectivity index is 1.52. The SMILES string of the molecule is Cc1ccnc2nc(C(=O)NCC3(c4ccccc4)CCC3)nn12. The van der Waals surface area contributed by atoms with Crippen molar-refractivity contribution in [2.75, 3.05) is 6.54 Å². The second-order valence-electron chi connectivity index (χ2n) is 6.42. The van der Waals surface area contributed by atoms with E-state index in [1.165, 1.54) is 12.0 Å². The molecular formula is C18H19N5O. The van der Waals surface area contributed by atoms with Crippen LogP contribution in [0.1, 0.15) is 41.1 Å². The molecule has 0 saturated heterocycles. The molecule has 1 amide bonds. The summed E-state index contributed by atoms with van der Waals surface area (Å²) >= 11 is 0. The Morgan fingerprint density at radius 1 is 1.25 bits per heavy atom. The van der Waals surface area contributed by atoms with Gasteiger partial charge in [-0.05, 0) is 31.4 Å². The topological polar surface area (TPSA) is 72.2 Å². The first kappa shape index (κ1) is 14.8. The Labute approximate surface area is 139 Å². The highest BCUT2D eigenvalue weighted by molar-refractivity contribution is 5.90. The predicted molar refractivity (Wildman–Crippen MR) is 89.8 cm³/mol. The molecule has 122 valence electrons. The van der Waals surface area contributed by atoms with Crippen LogP contribution >= 0.6 is 0 Å². The lowest BCUT2D eigenvalue weighted by Crippen LogP contribution is -2.45. The summed E-state index contributed by atoms with van der Waals surface area (Å²) in [4.78, 5) is 20.8. The van der Waals surface area contributed by atoms with Crippen LogP contribution in [-0.2, 0) is 5.41 Å². The van der Waals surface area contributed by atoms with Gasteiger partial charge in [-0.1, -0.05) is 36.8 Å². The van der Waals surface area contributed by atoms with Crippen molar-refractivity contribution < 1.29 is 4.79 Å². The van der Waals surface area contributed by atoms with E-state index >= 15 is 0 Å². The molecular weight excluding hydrogens is 302 g/mol. The van der Waals surface area contributed by atoms with Crippen LogP contribution in [0.2, 0.25) is 0 Å². The van der Waals surface area contributed by atoms with E-state index < -0.39 is 0 Å². The van der Waals surface area contributed by atoms with Crippen molar-refractivity contribution in [3.63, 3.8) is 0 Å². The van der Waals surface area contributed by atoms with Crippen LogP contribution in [0.5, 0.6) is 0 Å². The summed E-state index contributed by atoms with van der Waals surface area (Å²) in [6, 6.07) is 12.2. The van der Waals surface area contributed by atoms with Gasteiger partial charge in [0.15, 0.2) is 0 Å². The third kappa shape index (κ3) is 2.44. The van der Waals surface area contributed by atoms with Crippen molar-refractivity contribution >= 4 is 11.7 Å². The Hall–Kier alpha value is -2.76. The van der Waals surface area contributed by atoms with Gasteiger partial charge in [0.05, 0.1) is 0 Å². The number of nitrogens with zero attached hydrogens (tertiary/aromatic N) is 4. The molecule has 1 N–H and O–H groups in total. The van der Waals surface area contributed by atoms with Crippen LogP contribution in [0.25, 0.3) is 5.78 Å². The molecule has 3 aromatic rings. The minimum Gasteiger partial charge on any atom is -0.348 e. The zero-order valence-electron chi connectivity index (χ0n) is 13.6. The van der Waals surface area contributed by atoms with E-state index in [-0.39, 0.29) is 17.1 Å². The molecule has 1 aliphatic rings. The fraction of sp³-hybridized carbons (Fsp3) is 0.333. The minimum atomic E-state index is -0.248. The highest BCUT2D eigenvalue weighted by atomic mass is 16.2. The monoisotopic (exact) mass is 321 g/mol. The maximum atomic E-state index is 12.5. The van der Waals surface area contributed by atoms with Crippen LogP contribution in [0.4, 0.5) is 0 Å². The third-order valence-corrected chi connectivity index (χ3v) is 4.92. The molecule has 1 saturated carbocycles. The number of nitrogens with one attached hydrogen (secondary N) is 1. The number of carbonyl (C=O) groups is 1. The fourth-order valence-electron chi connectivity index (χ4n) is 3.29. The molecule has 2 aromatic heterocycles. The first-order valence-corrected chi connectivity index (χ1v) is 8.20. The van der Waals surface area contributed by atoms with Crippen LogP contribution < -0.4 is 5.32 Å². The van der Waals surface area contributed by atoms with Gasteiger partial charge in [0.2, 0.25) is 5.82 Å². The van der Waals surface area contributed by atoms with Gasteiger partial charge in [0, 0.05) is 23.9 Å². The first-order valence-electron chi connectivity index (χ1n) is 8.20. The Kier molecular flexibility index (Phi) is 3.52. The quantitative estimate of drug-likeness (QED) is 0.800. The number of aromatic nitrogens is 4. The average molecular weight is 321 g/mol. The van der Waals surface area contributed by atoms with Crippen molar-refractivity contribution in [1.82, 2.24) is 24.9 Å². The number of benzene rings is 1. The number of aryl methyl sites for hydroxylation is 1. The molecule has 1 aromatic carbocycles. The summed E-state index contributed by atoms with van der Waals surface area (Å²) in [6.07, 6.45) is 5.05. The number of hydrogen-bond donors (Lipinski definition) is 1. The van der Waals surface area contributed by atoms with Crippen LogP contribution in [0.15, 0.2) is 42.6 Å². The van der Waals surface area contributed by atoms with E-state index in [4.69, 9.17) is 0 Å². The molecule has 2 heterocycles. The second-order valence-corrected chi connectivity index (χ2v) is 6.42. The van der Waals surface area contributed by atoms with E-state index in [0.29, 0.717) is 12.3 Å². The molecule has 4 rings (SSSR count). The predicted octanol–water partition coefficient (Wildman–Crippen LogP) is 2.28. The summed E-state index contributed by atoms with van der Waals surface area (Å²) in [7, 11) is 0. The van der Waals surface area contributed by atoms with E-state index in [0.717, 1.165) is 18.5 Å². The third-order valence-electron chi connectivity index (χ3n) is 4.92. The molecule has 0 atom stereocenters. The normalized spacial score (nSPS) is 15.9. The Bertz CT molecular complexity index is 883. The van der Waals surface area contributed by atoms with E-state index in [1.807, 2.05) is 19.1 Å². The number of rotatable bonds is 4. The maximum absolute atomic E-state index is 12.5. The second kappa shape index (κ2) is 5.70. The van der Waals surface area contributed by atoms with Gasteiger partial charge in [0.25, 0.3) is 11.7 Å². The standard InChI is InChI=1S/C18H19N5O/c1-13-8-11-19-17-21-15(22-23(13)17)16(24)20-12-18(9-5-10-18)14-6-3-2-4-7-14/h2-4,6-8,11H,5,9-10,12H2,1H3,(H,20,24). The molecule has 0 unspecified atom stereocenters. The zero-order chi connectivity index (χ0) is 16.6. The summed E-state index contributed by atoms with van der Waals surface area (Å²) in [5.41, 5.74) is 2.23. The lowest BCUT2D eigenvalue weighted by molar-refractivity contribution is 0.0917. The number of hydrogen-bond acceptors (Lipinski definition) is 4. The number of amides is 1. The van der Waals surface area contributed by atoms with Crippen LogP contribution in [0.3, 0.4) is 0 Å². The van der Waals surface area contributed by atoms with E-state index in [1.54, 1.807) is 10.7 Å². The van der Waals surface area contributed by atoms with Crippen LogP contribution in [-0.4, -0.2) is 32.0 Å². The van der Waals surface area contributed by atoms with Gasteiger partial charge in [0.1, 0.15) is 0 Å². The van der Waals surface area contributed by atoms with Crippen molar-refractivity contribution in [1.29, 1.82) is 0 Å². The number of fused-ring (bicyclic) bond motifs is 1. The molecule has 6 nitrogen and oxygen atoms in total. The molecule has 1 fully saturated rings. The van der Waals surface area contributed by atoms with Gasteiger partial charge in [-0.25, -0.2) is 9.50 Å². The zero-order valence-corrected chi connectivity index (χ0v) is 13.6. The van der Waals surface area contributed by atoms with Gasteiger partial charge in [-0.15, -0.1) is 5.10 Å². The summed E-state index contributed by atoms with van der Waals surface area (Å²) in [5.74, 6) is 0.364. The summed E-state index contributed by atoms with van der Waals surface area (Å²) in [6.45, 7) is 2.52. The largest absolute Gasteiger partial charge is 0.348 e. The molecule has 0 bridgehead atoms. The highest BCUT2D eigenvalue weighted by Gasteiger charge is 2.38. The van der Waals surface area contributed by atoms with Gasteiger partial charge in [-0.3, -0.25) is 4.79 Å². The van der Waals surface area contributed by atoms with E-state index in [9.17, 15) is 4.79 Å².